The zero-order valence-corrected chi connectivity index (χ0v) is 12.1. The summed E-state index contributed by atoms with van der Waals surface area (Å²) < 4.78 is 0. The fourth-order valence-corrected chi connectivity index (χ4v) is 2.87. The predicted molar refractivity (Wildman–Crippen MR) is 79.5 cm³/mol. The molecule has 0 aliphatic heterocycles. The second-order valence-electron chi connectivity index (χ2n) is 5.59. The number of nitriles is 1. The van der Waals surface area contributed by atoms with Gasteiger partial charge in [0.25, 0.3) is 5.91 Å². The minimum Gasteiger partial charge on any atom is -0.341 e. The van der Waals surface area contributed by atoms with Gasteiger partial charge in [-0.25, -0.2) is 0 Å². The van der Waals surface area contributed by atoms with E-state index >= 15 is 0 Å². The first-order valence-corrected chi connectivity index (χ1v) is 7.44. The maximum Gasteiger partial charge on any atom is 0.253 e. The van der Waals surface area contributed by atoms with E-state index in [1.807, 2.05) is 12.1 Å². The topological polar surface area (TPSA) is 44.1 Å². The molecule has 1 aromatic rings. The molecule has 0 bridgehead atoms. The van der Waals surface area contributed by atoms with Crippen LogP contribution < -0.4 is 0 Å². The predicted octanol–water partition coefficient (Wildman–Crippen LogP) is 3.72. The molecule has 0 saturated heterocycles. The highest BCUT2D eigenvalue weighted by Crippen LogP contribution is 2.32. The molecule has 1 aliphatic rings. The lowest BCUT2D eigenvalue weighted by molar-refractivity contribution is 0.0798. The van der Waals surface area contributed by atoms with Gasteiger partial charge in [0.15, 0.2) is 0 Å². The summed E-state index contributed by atoms with van der Waals surface area (Å²) in [6.45, 7) is 0.486. The van der Waals surface area contributed by atoms with Crippen LogP contribution in [-0.4, -0.2) is 24.4 Å². The molecule has 2 rings (SSSR count). The lowest BCUT2D eigenvalue weighted by Crippen LogP contribution is -2.27. The number of carbonyl (C=O) groups excluding carboxylic acids is 1. The standard InChI is InChI=1S/C17H22N2O/c1-19(13-5-12-18)17(20)16-10-8-15(9-11-16)14-6-3-2-4-7-14/h8-11,14H,2-7,13H2,1H3. The van der Waals surface area contributed by atoms with Crippen molar-refractivity contribution in [2.24, 2.45) is 0 Å². The first-order chi connectivity index (χ1) is 9.72. The smallest absolute Gasteiger partial charge is 0.253 e. The highest BCUT2D eigenvalue weighted by molar-refractivity contribution is 5.94. The summed E-state index contributed by atoms with van der Waals surface area (Å²) in [6, 6.07) is 10.1. The summed E-state index contributed by atoms with van der Waals surface area (Å²) in [4.78, 5) is 13.8. The molecule has 3 heteroatoms. The van der Waals surface area contributed by atoms with E-state index in [9.17, 15) is 4.79 Å². The molecule has 3 nitrogen and oxygen atoms in total. The summed E-state index contributed by atoms with van der Waals surface area (Å²) in [6.07, 6.45) is 6.92. The maximum atomic E-state index is 12.2. The van der Waals surface area contributed by atoms with Crippen molar-refractivity contribution in [2.75, 3.05) is 13.6 Å². The Morgan fingerprint density at radius 1 is 1.25 bits per heavy atom. The molecule has 0 unspecified atom stereocenters. The van der Waals surface area contributed by atoms with Gasteiger partial charge in [0.05, 0.1) is 12.5 Å². The molecule has 1 saturated carbocycles. The molecule has 0 N–H and O–H groups in total. The molecular formula is C17H22N2O. The largest absolute Gasteiger partial charge is 0.341 e. The van der Waals surface area contributed by atoms with E-state index in [-0.39, 0.29) is 5.91 Å². The van der Waals surface area contributed by atoms with Crippen LogP contribution in [0.3, 0.4) is 0 Å². The summed E-state index contributed by atoms with van der Waals surface area (Å²) in [7, 11) is 1.74. The Hall–Kier alpha value is -1.82. The van der Waals surface area contributed by atoms with Crippen LogP contribution in [0.1, 0.15) is 60.4 Å². The average molecular weight is 270 g/mol. The molecule has 0 heterocycles. The first-order valence-electron chi connectivity index (χ1n) is 7.44. The maximum absolute atomic E-state index is 12.2. The van der Waals surface area contributed by atoms with Crippen molar-refractivity contribution in [2.45, 2.75) is 44.4 Å². The molecule has 1 aromatic carbocycles. The Balaban J connectivity index is 2.00. The van der Waals surface area contributed by atoms with Gasteiger partial charge in [-0.3, -0.25) is 4.79 Å². The van der Waals surface area contributed by atoms with Crippen LogP contribution in [-0.2, 0) is 0 Å². The van der Waals surface area contributed by atoms with E-state index in [1.165, 1.54) is 37.7 Å². The fraction of sp³-hybridized carbons (Fsp3) is 0.529. The van der Waals surface area contributed by atoms with Crippen molar-refractivity contribution < 1.29 is 4.79 Å². The zero-order valence-electron chi connectivity index (χ0n) is 12.1. The van der Waals surface area contributed by atoms with Gasteiger partial charge in [0.2, 0.25) is 0 Å². The summed E-state index contributed by atoms with van der Waals surface area (Å²) >= 11 is 0. The van der Waals surface area contributed by atoms with Gasteiger partial charge in [0.1, 0.15) is 0 Å². The van der Waals surface area contributed by atoms with Crippen molar-refractivity contribution in [3.8, 4) is 6.07 Å². The van der Waals surface area contributed by atoms with Crippen molar-refractivity contribution in [3.63, 3.8) is 0 Å². The average Bonchev–Trinajstić information content (AvgIpc) is 2.53. The molecule has 0 spiro atoms. The quantitative estimate of drug-likeness (QED) is 0.837. The zero-order chi connectivity index (χ0) is 14.4. The minimum atomic E-state index is -0.00422. The van der Waals surface area contributed by atoms with Gasteiger partial charge >= 0.3 is 0 Å². The highest BCUT2D eigenvalue weighted by atomic mass is 16.2. The number of hydrogen-bond acceptors (Lipinski definition) is 2. The highest BCUT2D eigenvalue weighted by Gasteiger charge is 2.16. The molecule has 1 amide bonds. The van der Waals surface area contributed by atoms with E-state index < -0.39 is 0 Å². The summed E-state index contributed by atoms with van der Waals surface area (Å²) in [5.74, 6) is 0.666. The van der Waals surface area contributed by atoms with E-state index in [1.54, 1.807) is 11.9 Å². The van der Waals surface area contributed by atoms with E-state index in [2.05, 4.69) is 18.2 Å². The van der Waals surface area contributed by atoms with Gasteiger partial charge in [-0.1, -0.05) is 31.4 Å². The number of hydrogen-bond donors (Lipinski definition) is 0. The van der Waals surface area contributed by atoms with E-state index in [0.29, 0.717) is 24.4 Å². The third-order valence-electron chi connectivity index (χ3n) is 4.14. The van der Waals surface area contributed by atoms with Gasteiger partial charge in [-0.05, 0) is 36.5 Å². The lowest BCUT2D eigenvalue weighted by Gasteiger charge is -2.22. The van der Waals surface area contributed by atoms with Crippen LogP contribution in [0.25, 0.3) is 0 Å². The number of amides is 1. The second-order valence-corrected chi connectivity index (χ2v) is 5.59. The monoisotopic (exact) mass is 270 g/mol. The molecule has 0 radical (unpaired) electrons. The number of carbonyl (C=O) groups is 1. The van der Waals surface area contributed by atoms with Crippen molar-refractivity contribution >= 4 is 5.91 Å². The van der Waals surface area contributed by atoms with Crippen LogP contribution in [0.5, 0.6) is 0 Å². The van der Waals surface area contributed by atoms with Gasteiger partial charge in [-0.15, -0.1) is 0 Å². The van der Waals surface area contributed by atoms with E-state index in [0.717, 1.165) is 0 Å². The first kappa shape index (κ1) is 14.6. The SMILES string of the molecule is CN(CCC#N)C(=O)c1ccc(C2CCCCC2)cc1. The van der Waals surface area contributed by atoms with Crippen molar-refractivity contribution in [1.29, 1.82) is 5.26 Å². The van der Waals surface area contributed by atoms with Crippen LogP contribution >= 0.6 is 0 Å². The third-order valence-corrected chi connectivity index (χ3v) is 4.14. The number of benzene rings is 1. The Kier molecular flexibility index (Phi) is 5.17. The third kappa shape index (κ3) is 3.60. The van der Waals surface area contributed by atoms with Gasteiger partial charge in [0, 0.05) is 19.2 Å². The Morgan fingerprint density at radius 3 is 2.50 bits per heavy atom. The van der Waals surface area contributed by atoms with Crippen LogP contribution in [0.2, 0.25) is 0 Å². The number of nitrogens with zero attached hydrogens (tertiary/aromatic N) is 2. The van der Waals surface area contributed by atoms with Gasteiger partial charge in [-0.2, -0.15) is 5.26 Å². The van der Waals surface area contributed by atoms with E-state index in [4.69, 9.17) is 5.26 Å². The van der Waals surface area contributed by atoms with Gasteiger partial charge < -0.3 is 4.90 Å². The number of rotatable bonds is 4. The Labute approximate surface area is 121 Å². The lowest BCUT2D eigenvalue weighted by atomic mass is 9.84. The molecule has 0 aromatic heterocycles. The Bertz CT molecular complexity index is 481. The summed E-state index contributed by atoms with van der Waals surface area (Å²) in [5, 5.41) is 8.56. The molecule has 20 heavy (non-hydrogen) atoms. The van der Waals surface area contributed by atoms with Crippen LogP contribution in [0, 0.1) is 11.3 Å². The minimum absolute atomic E-state index is 0.00422. The Morgan fingerprint density at radius 2 is 1.90 bits per heavy atom. The molecular weight excluding hydrogens is 248 g/mol. The van der Waals surface area contributed by atoms with Crippen molar-refractivity contribution in [3.05, 3.63) is 35.4 Å². The van der Waals surface area contributed by atoms with Crippen LogP contribution in [0.15, 0.2) is 24.3 Å². The molecule has 106 valence electrons. The normalized spacial score (nSPS) is 15.6. The second kappa shape index (κ2) is 7.09. The fourth-order valence-electron chi connectivity index (χ4n) is 2.87. The summed E-state index contributed by atoms with van der Waals surface area (Å²) in [5.41, 5.74) is 2.07. The molecule has 1 fully saturated rings. The van der Waals surface area contributed by atoms with Crippen LogP contribution in [0.4, 0.5) is 0 Å². The van der Waals surface area contributed by atoms with Crippen molar-refractivity contribution in [1.82, 2.24) is 4.90 Å². The molecule has 0 atom stereocenters. The molecule has 1 aliphatic carbocycles.